The molecule has 7 heteroatoms. The van der Waals surface area contributed by atoms with Crippen LogP contribution < -0.4 is 5.32 Å². The predicted molar refractivity (Wildman–Crippen MR) is 95.0 cm³/mol. The predicted octanol–water partition coefficient (Wildman–Crippen LogP) is 2.21. The van der Waals surface area contributed by atoms with Crippen molar-refractivity contribution in [3.63, 3.8) is 0 Å². The van der Waals surface area contributed by atoms with E-state index in [-0.39, 0.29) is 31.4 Å². The summed E-state index contributed by atoms with van der Waals surface area (Å²) in [6.07, 6.45) is 6.52. The summed E-state index contributed by atoms with van der Waals surface area (Å²) in [4.78, 5) is 12.1. The van der Waals surface area contributed by atoms with Crippen molar-refractivity contribution in [2.24, 2.45) is 5.92 Å². The molecule has 1 fully saturated rings. The van der Waals surface area contributed by atoms with E-state index >= 15 is 0 Å². The van der Waals surface area contributed by atoms with Gasteiger partial charge in [0.15, 0.2) is 5.76 Å². The van der Waals surface area contributed by atoms with Gasteiger partial charge < -0.3 is 19.3 Å². The van der Waals surface area contributed by atoms with E-state index in [1.807, 2.05) is 0 Å². The van der Waals surface area contributed by atoms with E-state index < -0.39 is 0 Å². The van der Waals surface area contributed by atoms with Crippen molar-refractivity contribution in [2.45, 2.75) is 26.1 Å². The number of rotatable bonds is 8. The molecular formula is C20H21FN2O4. The second kappa shape index (κ2) is 9.31. The van der Waals surface area contributed by atoms with E-state index in [0.29, 0.717) is 41.7 Å². The lowest BCUT2D eigenvalue weighted by atomic mass is 10.1. The van der Waals surface area contributed by atoms with Gasteiger partial charge in [-0.15, -0.1) is 6.42 Å². The van der Waals surface area contributed by atoms with E-state index in [1.165, 1.54) is 6.07 Å². The van der Waals surface area contributed by atoms with Crippen LogP contribution >= 0.6 is 0 Å². The number of halogens is 1. The van der Waals surface area contributed by atoms with Gasteiger partial charge in [0.25, 0.3) is 0 Å². The minimum absolute atomic E-state index is 0.0317. The van der Waals surface area contributed by atoms with Gasteiger partial charge in [-0.25, -0.2) is 4.39 Å². The molecule has 0 saturated carbocycles. The Balaban J connectivity index is 1.52. The second-order valence-electron chi connectivity index (χ2n) is 6.37. The molecule has 27 heavy (non-hydrogen) atoms. The van der Waals surface area contributed by atoms with Crippen LogP contribution in [0.5, 0.6) is 0 Å². The Morgan fingerprint density at radius 1 is 1.41 bits per heavy atom. The number of ether oxygens (including phenoxy) is 2. The zero-order valence-corrected chi connectivity index (χ0v) is 14.9. The number of benzene rings is 1. The molecule has 2 aromatic rings. The number of aromatic nitrogens is 1. The van der Waals surface area contributed by atoms with Crippen LogP contribution in [-0.4, -0.2) is 30.8 Å². The maximum absolute atomic E-state index is 13.6. The van der Waals surface area contributed by atoms with E-state index in [0.717, 1.165) is 13.0 Å². The van der Waals surface area contributed by atoms with Crippen molar-refractivity contribution in [1.29, 1.82) is 0 Å². The van der Waals surface area contributed by atoms with Crippen LogP contribution in [0.25, 0.3) is 0 Å². The molecule has 1 aromatic carbocycles. The van der Waals surface area contributed by atoms with Crippen molar-refractivity contribution in [3.05, 3.63) is 52.7 Å². The molecule has 142 valence electrons. The first-order valence-corrected chi connectivity index (χ1v) is 8.77. The molecule has 0 aliphatic carbocycles. The summed E-state index contributed by atoms with van der Waals surface area (Å²) in [6.45, 7) is 2.10. The highest BCUT2D eigenvalue weighted by Gasteiger charge is 2.20. The van der Waals surface area contributed by atoms with Gasteiger partial charge >= 0.3 is 0 Å². The highest BCUT2D eigenvalue weighted by molar-refractivity contribution is 5.78. The fourth-order valence-corrected chi connectivity index (χ4v) is 2.83. The van der Waals surface area contributed by atoms with Gasteiger partial charge in [0.05, 0.1) is 25.2 Å². The number of carbonyl (C=O) groups excluding carboxylic acids is 1. The summed E-state index contributed by atoms with van der Waals surface area (Å²) in [6, 6.07) is 6.36. The minimum Gasteiger partial charge on any atom is -0.381 e. The number of terminal acetylenes is 1. The fourth-order valence-electron chi connectivity index (χ4n) is 2.83. The Bertz CT molecular complexity index is 822. The lowest BCUT2D eigenvalue weighted by Crippen LogP contribution is -2.30. The molecule has 1 aliphatic rings. The molecule has 0 radical (unpaired) electrons. The number of hydrogen-bond acceptors (Lipinski definition) is 5. The lowest BCUT2D eigenvalue weighted by molar-refractivity contribution is -0.120. The molecule has 1 unspecified atom stereocenters. The third-order valence-electron chi connectivity index (χ3n) is 4.37. The molecule has 3 rings (SSSR count). The Morgan fingerprint density at radius 2 is 2.26 bits per heavy atom. The van der Waals surface area contributed by atoms with Gasteiger partial charge in [-0.1, -0.05) is 29.3 Å². The van der Waals surface area contributed by atoms with E-state index in [9.17, 15) is 9.18 Å². The van der Waals surface area contributed by atoms with Crippen molar-refractivity contribution in [1.82, 2.24) is 10.5 Å². The molecule has 1 aliphatic heterocycles. The topological polar surface area (TPSA) is 73.6 Å². The van der Waals surface area contributed by atoms with Crippen LogP contribution in [0.15, 0.2) is 28.8 Å². The lowest BCUT2D eigenvalue weighted by Gasteiger charge is -2.08. The van der Waals surface area contributed by atoms with Gasteiger partial charge in [-0.05, 0) is 12.5 Å². The van der Waals surface area contributed by atoms with Crippen LogP contribution in [0.3, 0.4) is 0 Å². The third-order valence-corrected chi connectivity index (χ3v) is 4.37. The van der Waals surface area contributed by atoms with Gasteiger partial charge in [0.1, 0.15) is 18.1 Å². The van der Waals surface area contributed by atoms with Crippen LogP contribution in [0.4, 0.5) is 4.39 Å². The molecule has 0 bridgehead atoms. The SMILES string of the molecule is C#Cc1c(CC(=O)NCC2CCOC2)noc1COCc1ccccc1F. The minimum atomic E-state index is -0.336. The van der Waals surface area contributed by atoms with Gasteiger partial charge in [-0.3, -0.25) is 4.79 Å². The summed E-state index contributed by atoms with van der Waals surface area (Å²) in [5.74, 6) is 2.68. The molecule has 1 aromatic heterocycles. The Morgan fingerprint density at radius 3 is 3.00 bits per heavy atom. The summed E-state index contributed by atoms with van der Waals surface area (Å²) in [5.41, 5.74) is 1.24. The second-order valence-corrected chi connectivity index (χ2v) is 6.37. The normalized spacial score (nSPS) is 16.2. The van der Waals surface area contributed by atoms with Crippen LogP contribution in [-0.2, 0) is 33.9 Å². The zero-order valence-electron chi connectivity index (χ0n) is 14.9. The highest BCUT2D eigenvalue weighted by atomic mass is 19.1. The number of nitrogens with one attached hydrogen (secondary N) is 1. The van der Waals surface area contributed by atoms with Crippen LogP contribution in [0, 0.1) is 24.1 Å². The molecule has 0 spiro atoms. The van der Waals surface area contributed by atoms with E-state index in [4.69, 9.17) is 20.4 Å². The molecular weight excluding hydrogens is 351 g/mol. The molecule has 1 saturated heterocycles. The summed E-state index contributed by atoms with van der Waals surface area (Å²) in [5, 5.41) is 6.76. The van der Waals surface area contributed by atoms with E-state index in [2.05, 4.69) is 16.4 Å². The Kier molecular flexibility index (Phi) is 6.58. The first-order valence-electron chi connectivity index (χ1n) is 8.77. The smallest absolute Gasteiger partial charge is 0.226 e. The first-order chi connectivity index (χ1) is 13.2. The highest BCUT2D eigenvalue weighted by Crippen LogP contribution is 2.17. The van der Waals surface area contributed by atoms with Gasteiger partial charge in [-0.2, -0.15) is 0 Å². The van der Waals surface area contributed by atoms with Crippen molar-refractivity contribution in [2.75, 3.05) is 19.8 Å². The van der Waals surface area contributed by atoms with Crippen LogP contribution in [0.2, 0.25) is 0 Å². The average Bonchev–Trinajstić information content (AvgIpc) is 3.31. The summed E-state index contributed by atoms with van der Waals surface area (Å²) < 4.78 is 29.6. The molecule has 1 amide bonds. The summed E-state index contributed by atoms with van der Waals surface area (Å²) in [7, 11) is 0. The maximum atomic E-state index is 13.6. The Hall–Kier alpha value is -2.69. The van der Waals surface area contributed by atoms with Crippen molar-refractivity contribution < 1.29 is 23.2 Å². The fraction of sp³-hybridized carbons (Fsp3) is 0.400. The van der Waals surface area contributed by atoms with Crippen LogP contribution in [0.1, 0.15) is 29.0 Å². The Labute approximate surface area is 157 Å². The van der Waals surface area contributed by atoms with Gasteiger partial charge in [0, 0.05) is 24.6 Å². The third kappa shape index (κ3) is 5.16. The molecule has 1 N–H and O–H groups in total. The standard InChI is InChI=1S/C20H21FN2O4/c1-2-16-18(9-20(24)22-10-14-7-8-25-11-14)23-27-19(16)13-26-12-15-5-3-4-6-17(15)21/h1,3-6,14H,7-13H2,(H,22,24). The quantitative estimate of drug-likeness (QED) is 0.719. The van der Waals surface area contributed by atoms with Crippen molar-refractivity contribution >= 4 is 5.91 Å². The largest absolute Gasteiger partial charge is 0.381 e. The number of nitrogens with zero attached hydrogens (tertiary/aromatic N) is 1. The van der Waals surface area contributed by atoms with Crippen molar-refractivity contribution in [3.8, 4) is 12.3 Å². The van der Waals surface area contributed by atoms with Gasteiger partial charge in [0.2, 0.25) is 5.91 Å². The average molecular weight is 372 g/mol. The summed E-state index contributed by atoms with van der Waals surface area (Å²) >= 11 is 0. The molecule has 1 atom stereocenters. The number of amides is 1. The zero-order chi connectivity index (χ0) is 19.1. The number of hydrogen-bond donors (Lipinski definition) is 1. The maximum Gasteiger partial charge on any atom is 0.226 e. The molecule has 2 heterocycles. The number of carbonyl (C=O) groups is 1. The first kappa shape index (κ1) is 19.1. The molecule has 6 nitrogen and oxygen atoms in total. The monoisotopic (exact) mass is 372 g/mol. The van der Waals surface area contributed by atoms with E-state index in [1.54, 1.807) is 18.2 Å².